The summed E-state index contributed by atoms with van der Waals surface area (Å²) in [6, 6.07) is -0.0812. The Hall–Kier alpha value is -1.06. The van der Waals surface area contributed by atoms with Crippen molar-refractivity contribution >= 4 is 11.9 Å². The molecule has 122 valence electrons. The first-order valence-electron chi connectivity index (χ1n) is 8.15. The standard InChI is InChI=1S/C17H31NO3/c1-11(2)12(3)15(19)13-9-7-8-10-14(13)18-16(20)21-17(4,5)6/h11-14H,7-10H2,1-6H3,(H,18,20)/t12?,13-,14+/m1/s1. The SMILES string of the molecule is CC(C)C(C)C(=O)[C@@H]1CCCC[C@@H]1NC(=O)OC(C)(C)C. The van der Waals surface area contributed by atoms with Gasteiger partial charge in [-0.3, -0.25) is 4.79 Å². The number of ketones is 1. The van der Waals surface area contributed by atoms with E-state index >= 15 is 0 Å². The highest BCUT2D eigenvalue weighted by Gasteiger charge is 2.35. The molecule has 1 fully saturated rings. The van der Waals surface area contributed by atoms with Crippen LogP contribution in [-0.4, -0.2) is 23.5 Å². The third-order valence-electron chi connectivity index (χ3n) is 4.28. The average Bonchev–Trinajstić information content (AvgIpc) is 2.35. The Balaban J connectivity index is 2.69. The molecule has 0 bridgehead atoms. The van der Waals surface area contributed by atoms with Gasteiger partial charge in [0.15, 0.2) is 0 Å². The predicted molar refractivity (Wildman–Crippen MR) is 84.1 cm³/mol. The summed E-state index contributed by atoms with van der Waals surface area (Å²) in [5, 5.41) is 2.92. The van der Waals surface area contributed by atoms with Gasteiger partial charge in [-0.25, -0.2) is 4.79 Å². The molecule has 3 atom stereocenters. The summed E-state index contributed by atoms with van der Waals surface area (Å²) in [5.41, 5.74) is -0.510. The molecule has 0 heterocycles. The van der Waals surface area contributed by atoms with E-state index in [2.05, 4.69) is 19.2 Å². The number of rotatable bonds is 4. The molecule has 0 aromatic heterocycles. The van der Waals surface area contributed by atoms with E-state index in [1.54, 1.807) is 0 Å². The maximum Gasteiger partial charge on any atom is 0.407 e. The highest BCUT2D eigenvalue weighted by Crippen LogP contribution is 2.29. The lowest BCUT2D eigenvalue weighted by Crippen LogP contribution is -2.48. The molecule has 1 aliphatic carbocycles. The molecule has 21 heavy (non-hydrogen) atoms. The lowest BCUT2D eigenvalue weighted by molar-refractivity contribution is -0.129. The fourth-order valence-electron chi connectivity index (χ4n) is 2.77. The number of nitrogens with one attached hydrogen (secondary N) is 1. The van der Waals surface area contributed by atoms with Crippen LogP contribution in [0.15, 0.2) is 0 Å². The molecule has 0 aromatic carbocycles. The van der Waals surface area contributed by atoms with Gasteiger partial charge in [0.2, 0.25) is 0 Å². The van der Waals surface area contributed by atoms with Gasteiger partial charge < -0.3 is 10.1 Å². The minimum atomic E-state index is -0.510. The summed E-state index contributed by atoms with van der Waals surface area (Å²) in [6.45, 7) is 11.7. The van der Waals surface area contributed by atoms with Gasteiger partial charge in [0.25, 0.3) is 0 Å². The van der Waals surface area contributed by atoms with Crippen LogP contribution in [0.4, 0.5) is 4.79 Å². The van der Waals surface area contributed by atoms with Gasteiger partial charge in [0.1, 0.15) is 11.4 Å². The second-order valence-electron chi connectivity index (χ2n) is 7.58. The Morgan fingerprint density at radius 3 is 2.19 bits per heavy atom. The zero-order valence-electron chi connectivity index (χ0n) is 14.4. The smallest absolute Gasteiger partial charge is 0.407 e. The summed E-state index contributed by atoms with van der Waals surface area (Å²) in [5.74, 6) is 0.590. The first-order chi connectivity index (χ1) is 9.61. The van der Waals surface area contributed by atoms with Crippen molar-refractivity contribution < 1.29 is 14.3 Å². The van der Waals surface area contributed by atoms with Gasteiger partial charge >= 0.3 is 6.09 Å². The number of alkyl carbamates (subject to hydrolysis) is 1. The Labute approximate surface area is 129 Å². The minimum Gasteiger partial charge on any atom is -0.444 e. The number of hydrogen-bond donors (Lipinski definition) is 1. The fraction of sp³-hybridized carbons (Fsp3) is 0.882. The van der Waals surface area contributed by atoms with Crippen LogP contribution >= 0.6 is 0 Å². The third-order valence-corrected chi connectivity index (χ3v) is 4.28. The van der Waals surface area contributed by atoms with Crippen molar-refractivity contribution in [1.82, 2.24) is 5.32 Å². The van der Waals surface area contributed by atoms with Crippen LogP contribution in [0.25, 0.3) is 0 Å². The molecular formula is C17H31NO3. The molecule has 1 amide bonds. The second kappa shape index (κ2) is 7.28. The molecule has 1 unspecified atom stereocenters. The van der Waals surface area contributed by atoms with Gasteiger partial charge in [-0.2, -0.15) is 0 Å². The van der Waals surface area contributed by atoms with Crippen molar-refractivity contribution in [3.8, 4) is 0 Å². The van der Waals surface area contributed by atoms with E-state index in [0.717, 1.165) is 25.7 Å². The number of amides is 1. The van der Waals surface area contributed by atoms with E-state index in [9.17, 15) is 9.59 Å². The van der Waals surface area contributed by atoms with Crippen molar-refractivity contribution in [2.45, 2.75) is 78.9 Å². The Morgan fingerprint density at radius 2 is 1.67 bits per heavy atom. The summed E-state index contributed by atoms with van der Waals surface area (Å²) in [7, 11) is 0. The van der Waals surface area contributed by atoms with Gasteiger partial charge in [0, 0.05) is 17.9 Å². The third kappa shape index (κ3) is 5.68. The highest BCUT2D eigenvalue weighted by atomic mass is 16.6. The molecule has 1 saturated carbocycles. The number of carbonyl (C=O) groups excluding carboxylic acids is 2. The molecule has 0 spiro atoms. The summed E-state index contributed by atoms with van der Waals surface area (Å²) >= 11 is 0. The molecule has 0 saturated heterocycles. The van der Waals surface area contributed by atoms with Crippen LogP contribution in [0.2, 0.25) is 0 Å². The van der Waals surface area contributed by atoms with Crippen molar-refractivity contribution in [1.29, 1.82) is 0 Å². The number of carbonyl (C=O) groups is 2. The maximum atomic E-state index is 12.6. The van der Waals surface area contributed by atoms with Crippen molar-refractivity contribution in [2.75, 3.05) is 0 Å². The van der Waals surface area contributed by atoms with Crippen molar-refractivity contribution in [3.63, 3.8) is 0 Å². The van der Waals surface area contributed by atoms with E-state index in [-0.39, 0.29) is 23.7 Å². The molecule has 4 nitrogen and oxygen atoms in total. The maximum absolute atomic E-state index is 12.6. The molecule has 1 N–H and O–H groups in total. The molecule has 0 aliphatic heterocycles. The zero-order valence-corrected chi connectivity index (χ0v) is 14.4. The van der Waals surface area contributed by atoms with E-state index in [4.69, 9.17) is 4.74 Å². The lowest BCUT2D eigenvalue weighted by Gasteiger charge is -2.34. The highest BCUT2D eigenvalue weighted by molar-refractivity contribution is 5.84. The van der Waals surface area contributed by atoms with E-state index < -0.39 is 11.7 Å². The first-order valence-corrected chi connectivity index (χ1v) is 8.15. The van der Waals surface area contributed by atoms with Crippen LogP contribution < -0.4 is 5.32 Å². The first kappa shape index (κ1) is 18.0. The lowest BCUT2D eigenvalue weighted by atomic mass is 9.76. The molecular weight excluding hydrogens is 266 g/mol. The molecule has 1 aliphatic rings. The topological polar surface area (TPSA) is 55.4 Å². The van der Waals surface area contributed by atoms with Gasteiger partial charge in [-0.15, -0.1) is 0 Å². The van der Waals surface area contributed by atoms with Gasteiger partial charge in [-0.1, -0.05) is 33.6 Å². The van der Waals surface area contributed by atoms with E-state index in [1.807, 2.05) is 27.7 Å². The quantitative estimate of drug-likeness (QED) is 0.855. The molecule has 1 rings (SSSR count). The summed E-state index contributed by atoms with van der Waals surface area (Å²) < 4.78 is 5.32. The van der Waals surface area contributed by atoms with Crippen molar-refractivity contribution in [3.05, 3.63) is 0 Å². The van der Waals surface area contributed by atoms with Crippen LogP contribution in [0.3, 0.4) is 0 Å². The van der Waals surface area contributed by atoms with Crippen LogP contribution in [0.5, 0.6) is 0 Å². The zero-order chi connectivity index (χ0) is 16.2. The number of ether oxygens (including phenoxy) is 1. The minimum absolute atomic E-state index is 0.0380. The molecule has 4 heteroatoms. The van der Waals surface area contributed by atoms with Gasteiger partial charge in [0.05, 0.1) is 0 Å². The largest absolute Gasteiger partial charge is 0.444 e. The van der Waals surface area contributed by atoms with Crippen LogP contribution in [0.1, 0.15) is 67.2 Å². The van der Waals surface area contributed by atoms with E-state index in [0.29, 0.717) is 5.92 Å². The Kier molecular flexibility index (Phi) is 6.24. The summed E-state index contributed by atoms with van der Waals surface area (Å²) in [6.07, 6.45) is 3.44. The molecule has 0 radical (unpaired) electrons. The molecule has 0 aromatic rings. The fourth-order valence-corrected chi connectivity index (χ4v) is 2.77. The van der Waals surface area contributed by atoms with Crippen molar-refractivity contribution in [2.24, 2.45) is 17.8 Å². The van der Waals surface area contributed by atoms with Crippen LogP contribution in [0, 0.1) is 17.8 Å². The van der Waals surface area contributed by atoms with Crippen LogP contribution in [-0.2, 0) is 9.53 Å². The monoisotopic (exact) mass is 297 g/mol. The number of Topliss-reactive ketones (excluding diaryl/α,β-unsaturated/α-hetero) is 1. The second-order valence-corrected chi connectivity index (χ2v) is 7.58. The Morgan fingerprint density at radius 1 is 1.10 bits per heavy atom. The normalized spacial score (nSPS) is 24.5. The summed E-state index contributed by atoms with van der Waals surface area (Å²) in [4.78, 5) is 24.6. The average molecular weight is 297 g/mol. The predicted octanol–water partition coefficient (Wildman–Crippen LogP) is 3.93. The van der Waals surface area contributed by atoms with Gasteiger partial charge in [-0.05, 0) is 39.5 Å². The van der Waals surface area contributed by atoms with E-state index in [1.165, 1.54) is 0 Å². The number of hydrogen-bond acceptors (Lipinski definition) is 3. The Bertz CT molecular complexity index is 371.